The highest BCUT2D eigenvalue weighted by molar-refractivity contribution is 5.92. The van der Waals surface area contributed by atoms with E-state index in [1.807, 2.05) is 35.3 Å². The highest BCUT2D eigenvalue weighted by Crippen LogP contribution is 2.29. The van der Waals surface area contributed by atoms with Crippen LogP contribution in [0, 0.1) is 5.92 Å². The van der Waals surface area contributed by atoms with Crippen molar-refractivity contribution in [2.45, 2.75) is 64.5 Å². The lowest BCUT2D eigenvalue weighted by Gasteiger charge is -2.37. The molecule has 166 valence electrons. The lowest BCUT2D eigenvalue weighted by atomic mass is 9.83. The van der Waals surface area contributed by atoms with Gasteiger partial charge in [0.2, 0.25) is 5.91 Å². The average molecular weight is 424 g/mol. The zero-order valence-corrected chi connectivity index (χ0v) is 18.3. The fourth-order valence-electron chi connectivity index (χ4n) is 4.15. The number of hydrogen-bond acceptors (Lipinski definition) is 5. The van der Waals surface area contributed by atoms with Crippen LogP contribution < -0.4 is 10.7 Å². The second-order valence-corrected chi connectivity index (χ2v) is 8.12. The Labute approximate surface area is 184 Å². The highest BCUT2D eigenvalue weighted by atomic mass is 16.2. The molecular weight excluding hydrogens is 390 g/mol. The topological polar surface area (TPSA) is 87.2 Å². The van der Waals surface area contributed by atoms with Gasteiger partial charge >= 0.3 is 0 Å². The summed E-state index contributed by atoms with van der Waals surface area (Å²) in [5.41, 5.74) is 4.28. The highest BCUT2D eigenvalue weighted by Gasteiger charge is 2.35. The zero-order valence-electron chi connectivity index (χ0n) is 18.3. The Kier molecular flexibility index (Phi) is 8.97. The normalized spacial score (nSPS) is 15.4. The summed E-state index contributed by atoms with van der Waals surface area (Å²) in [5.74, 6) is -0.157. The van der Waals surface area contributed by atoms with Gasteiger partial charge in [-0.3, -0.25) is 20.0 Å². The van der Waals surface area contributed by atoms with E-state index < -0.39 is 6.04 Å². The van der Waals surface area contributed by atoms with E-state index in [-0.39, 0.29) is 23.4 Å². The number of carbonyl (C=O) groups excluding carboxylic acids is 2. The Balaban J connectivity index is 1.78. The molecule has 31 heavy (non-hydrogen) atoms. The lowest BCUT2D eigenvalue weighted by Crippen LogP contribution is -2.58. The largest absolute Gasteiger partial charge is 0.351 e. The summed E-state index contributed by atoms with van der Waals surface area (Å²) in [5, 5.41) is 4.95. The molecule has 0 spiro atoms. The molecule has 2 aromatic rings. The Bertz CT molecular complexity index is 809. The van der Waals surface area contributed by atoms with E-state index >= 15 is 0 Å². The van der Waals surface area contributed by atoms with Crippen LogP contribution in [0.4, 0.5) is 0 Å². The van der Waals surface area contributed by atoms with Gasteiger partial charge in [0, 0.05) is 25.5 Å². The smallest absolute Gasteiger partial charge is 0.285 e. The van der Waals surface area contributed by atoms with Crippen molar-refractivity contribution >= 4 is 11.8 Å². The van der Waals surface area contributed by atoms with Crippen molar-refractivity contribution in [2.24, 2.45) is 5.92 Å². The molecule has 1 aliphatic rings. The van der Waals surface area contributed by atoms with Crippen LogP contribution in [-0.4, -0.2) is 39.4 Å². The van der Waals surface area contributed by atoms with E-state index in [1.165, 1.54) is 25.0 Å². The van der Waals surface area contributed by atoms with Crippen molar-refractivity contribution in [1.29, 1.82) is 0 Å². The summed E-state index contributed by atoms with van der Waals surface area (Å²) in [6.07, 6.45) is 11.8. The van der Waals surface area contributed by atoms with Gasteiger partial charge in [-0.2, -0.15) is 0 Å². The zero-order chi connectivity index (χ0) is 21.9. The van der Waals surface area contributed by atoms with E-state index in [0.717, 1.165) is 44.1 Å². The molecule has 1 atom stereocenters. The molecule has 1 saturated carbocycles. The molecule has 1 unspecified atom stereocenters. The predicted molar refractivity (Wildman–Crippen MR) is 120 cm³/mol. The van der Waals surface area contributed by atoms with Gasteiger partial charge in [0.05, 0.1) is 6.20 Å². The molecule has 7 nitrogen and oxygen atoms in total. The number of hydrogen-bond donors (Lipinski definition) is 2. The Morgan fingerprint density at radius 1 is 1.13 bits per heavy atom. The first-order chi connectivity index (χ1) is 15.2. The van der Waals surface area contributed by atoms with Gasteiger partial charge < -0.3 is 5.32 Å². The minimum absolute atomic E-state index is 0.0358. The maximum Gasteiger partial charge on any atom is 0.285 e. The molecule has 1 aromatic carbocycles. The van der Waals surface area contributed by atoms with E-state index in [9.17, 15) is 9.59 Å². The molecule has 0 radical (unpaired) electrons. The number of rotatable bonds is 10. The summed E-state index contributed by atoms with van der Waals surface area (Å²) >= 11 is 0. The first kappa shape index (κ1) is 22.9. The maximum absolute atomic E-state index is 13.4. The quantitative estimate of drug-likeness (QED) is 0.571. The third-order valence-corrected chi connectivity index (χ3v) is 5.80. The molecule has 1 aromatic heterocycles. The average Bonchev–Trinajstić information content (AvgIpc) is 2.83. The number of nitrogens with one attached hydrogen (secondary N) is 2. The molecule has 1 aliphatic carbocycles. The van der Waals surface area contributed by atoms with Crippen LogP contribution >= 0.6 is 0 Å². The lowest BCUT2D eigenvalue weighted by molar-refractivity contribution is -0.130. The van der Waals surface area contributed by atoms with Crippen LogP contribution in [0.1, 0.15) is 67.9 Å². The van der Waals surface area contributed by atoms with Crippen LogP contribution in [0.2, 0.25) is 0 Å². The van der Waals surface area contributed by atoms with Crippen molar-refractivity contribution in [3.63, 3.8) is 0 Å². The molecule has 0 bridgehead atoms. The van der Waals surface area contributed by atoms with Crippen molar-refractivity contribution in [1.82, 2.24) is 25.7 Å². The van der Waals surface area contributed by atoms with Crippen LogP contribution in [0.5, 0.6) is 0 Å². The van der Waals surface area contributed by atoms with Gasteiger partial charge in [-0.1, -0.05) is 62.9 Å². The number of nitrogens with zero attached hydrogens (tertiary/aromatic N) is 3. The molecule has 2 N–H and O–H groups in total. The Morgan fingerprint density at radius 2 is 1.90 bits per heavy atom. The monoisotopic (exact) mass is 423 g/mol. The summed E-state index contributed by atoms with van der Waals surface area (Å²) in [4.78, 5) is 34.3. The van der Waals surface area contributed by atoms with Crippen molar-refractivity contribution < 1.29 is 9.59 Å². The van der Waals surface area contributed by atoms with Gasteiger partial charge in [0.1, 0.15) is 11.7 Å². The van der Waals surface area contributed by atoms with Crippen LogP contribution in [0.3, 0.4) is 0 Å². The molecule has 1 heterocycles. The van der Waals surface area contributed by atoms with E-state index in [1.54, 1.807) is 0 Å². The molecule has 1 fully saturated rings. The minimum atomic E-state index is -0.406. The molecule has 7 heteroatoms. The molecule has 2 amide bonds. The SMILES string of the molecule is CCCCN(NC(=O)c1cnccn1)C(C(=O)NCc1ccccc1)C1CCCCC1. The maximum atomic E-state index is 13.4. The summed E-state index contributed by atoms with van der Waals surface area (Å²) in [7, 11) is 0. The standard InChI is InChI=1S/C24H33N5O2/c1-2-3-16-29(28-23(30)21-18-25-14-15-26-21)22(20-12-8-5-9-13-20)24(31)27-17-19-10-6-4-7-11-19/h4,6-7,10-11,14-15,18,20,22H,2-3,5,8-9,12-13,16-17H2,1H3,(H,27,31)(H,28,30). The van der Waals surface area contributed by atoms with Gasteiger partial charge in [-0.25, -0.2) is 9.99 Å². The molecule has 3 rings (SSSR count). The summed E-state index contributed by atoms with van der Waals surface area (Å²) < 4.78 is 0. The fourth-order valence-corrected chi connectivity index (χ4v) is 4.15. The molecule has 0 saturated heterocycles. The van der Waals surface area contributed by atoms with Crippen molar-refractivity contribution in [2.75, 3.05) is 6.54 Å². The first-order valence-electron chi connectivity index (χ1n) is 11.3. The van der Waals surface area contributed by atoms with E-state index in [2.05, 4.69) is 27.6 Å². The predicted octanol–water partition coefficient (Wildman–Crippen LogP) is 3.49. The van der Waals surface area contributed by atoms with E-state index in [0.29, 0.717) is 13.1 Å². The minimum Gasteiger partial charge on any atom is -0.351 e. The third kappa shape index (κ3) is 6.85. The van der Waals surface area contributed by atoms with Crippen LogP contribution in [0.25, 0.3) is 0 Å². The van der Waals surface area contributed by atoms with Gasteiger partial charge in [0.25, 0.3) is 5.91 Å². The second-order valence-electron chi connectivity index (χ2n) is 8.12. The number of unbranched alkanes of at least 4 members (excludes halogenated alkanes) is 1. The number of amides is 2. The van der Waals surface area contributed by atoms with E-state index in [4.69, 9.17) is 0 Å². The first-order valence-corrected chi connectivity index (χ1v) is 11.3. The van der Waals surface area contributed by atoms with Gasteiger partial charge in [-0.05, 0) is 30.7 Å². The fraction of sp³-hybridized carbons (Fsp3) is 0.500. The molecular formula is C24H33N5O2. The summed E-state index contributed by atoms with van der Waals surface area (Å²) in [6.45, 7) is 3.19. The van der Waals surface area contributed by atoms with Crippen molar-refractivity contribution in [3.05, 3.63) is 60.2 Å². The van der Waals surface area contributed by atoms with Crippen molar-refractivity contribution in [3.8, 4) is 0 Å². The Morgan fingerprint density at radius 3 is 2.58 bits per heavy atom. The van der Waals surface area contributed by atoms with Crippen LogP contribution in [-0.2, 0) is 11.3 Å². The van der Waals surface area contributed by atoms with Crippen LogP contribution in [0.15, 0.2) is 48.9 Å². The Hall–Kier alpha value is -2.80. The number of hydrazine groups is 1. The number of aromatic nitrogens is 2. The van der Waals surface area contributed by atoms with Gasteiger partial charge in [-0.15, -0.1) is 0 Å². The number of carbonyl (C=O) groups is 2. The third-order valence-electron chi connectivity index (χ3n) is 5.80. The number of benzene rings is 1. The summed E-state index contributed by atoms with van der Waals surface area (Å²) in [6, 6.07) is 9.49. The van der Waals surface area contributed by atoms with Gasteiger partial charge in [0.15, 0.2) is 0 Å². The molecule has 0 aliphatic heterocycles. The second kappa shape index (κ2) is 12.2.